The Labute approximate surface area is 246 Å². The predicted molar refractivity (Wildman–Crippen MR) is 160 cm³/mol. The summed E-state index contributed by atoms with van der Waals surface area (Å²) in [4.78, 5) is 19.3. The number of nitrogens with zero attached hydrogens (tertiary/aromatic N) is 4. The Morgan fingerprint density at radius 3 is 2.78 bits per heavy atom. The molecule has 3 aliphatic heterocycles. The van der Waals surface area contributed by atoms with Crippen molar-refractivity contribution in [3.05, 3.63) is 48.0 Å². The van der Waals surface area contributed by atoms with Crippen molar-refractivity contribution >= 4 is 5.91 Å². The molecule has 8 nitrogen and oxygen atoms in total. The van der Waals surface area contributed by atoms with Gasteiger partial charge in [-0.2, -0.15) is 5.26 Å². The largest absolute Gasteiger partial charge is 0.348 e. The quantitative estimate of drug-likeness (QED) is 0.518. The number of hydrogen-bond acceptors (Lipinski definition) is 7. The SMILES string of the molecule is C=CC(=O)N1CCN(C2NC(OCC3CCCN3C)NC3CC4(CCC32)Cc2ccccc2CC4C)CC1CC#N. The Balaban J connectivity index is 1.22. The normalized spacial score (nSPS) is 37.8. The lowest BCUT2D eigenvalue weighted by Crippen LogP contribution is -2.73. The summed E-state index contributed by atoms with van der Waals surface area (Å²) in [6.45, 7) is 10.1. The Kier molecular flexibility index (Phi) is 8.54. The van der Waals surface area contributed by atoms with E-state index in [2.05, 4.69) is 71.3 Å². The maximum atomic E-state index is 12.6. The number of carbonyl (C=O) groups excluding carboxylic acids is 1. The number of nitriles is 1. The molecule has 3 saturated heterocycles. The minimum Gasteiger partial charge on any atom is -0.348 e. The third kappa shape index (κ3) is 5.72. The third-order valence-corrected chi connectivity index (χ3v) is 11.3. The molecule has 1 aromatic rings. The van der Waals surface area contributed by atoms with Crippen LogP contribution in [0.25, 0.3) is 0 Å². The van der Waals surface area contributed by atoms with E-state index in [-0.39, 0.29) is 24.5 Å². The van der Waals surface area contributed by atoms with Crippen molar-refractivity contribution in [1.29, 1.82) is 5.26 Å². The van der Waals surface area contributed by atoms with Gasteiger partial charge in [0.1, 0.15) is 0 Å². The van der Waals surface area contributed by atoms with Gasteiger partial charge in [-0.1, -0.05) is 37.8 Å². The summed E-state index contributed by atoms with van der Waals surface area (Å²) in [6, 6.07) is 12.1. The van der Waals surface area contributed by atoms with Gasteiger partial charge < -0.3 is 14.5 Å². The van der Waals surface area contributed by atoms with Crippen molar-refractivity contribution in [2.45, 2.75) is 88.9 Å². The van der Waals surface area contributed by atoms with Gasteiger partial charge in [0, 0.05) is 37.6 Å². The second-order valence-electron chi connectivity index (χ2n) is 13.4. The first-order valence-electron chi connectivity index (χ1n) is 15.9. The van der Waals surface area contributed by atoms with Crippen LogP contribution in [0.15, 0.2) is 36.9 Å². The van der Waals surface area contributed by atoms with Crippen molar-refractivity contribution in [3.63, 3.8) is 0 Å². The molecule has 8 heteroatoms. The molecule has 4 fully saturated rings. The van der Waals surface area contributed by atoms with Crippen LogP contribution in [0.2, 0.25) is 0 Å². The van der Waals surface area contributed by atoms with Crippen LogP contribution in [0.5, 0.6) is 0 Å². The molecule has 2 aliphatic carbocycles. The molecule has 8 unspecified atom stereocenters. The average Bonchev–Trinajstić information content (AvgIpc) is 3.40. The van der Waals surface area contributed by atoms with Crippen LogP contribution in [0, 0.1) is 28.6 Å². The van der Waals surface area contributed by atoms with Gasteiger partial charge in [-0.25, -0.2) is 0 Å². The summed E-state index contributed by atoms with van der Waals surface area (Å²) in [7, 11) is 2.20. The first-order valence-corrected chi connectivity index (χ1v) is 15.9. The number of likely N-dealkylation sites (tertiary alicyclic amines) is 1. The number of hydrogen-bond donors (Lipinski definition) is 2. The van der Waals surface area contributed by atoms with Crippen molar-refractivity contribution in [2.24, 2.45) is 17.3 Å². The van der Waals surface area contributed by atoms with E-state index in [4.69, 9.17) is 4.74 Å². The molecule has 41 heavy (non-hydrogen) atoms. The smallest absolute Gasteiger partial charge is 0.246 e. The zero-order chi connectivity index (χ0) is 28.6. The van der Waals surface area contributed by atoms with Crippen molar-refractivity contribution in [3.8, 4) is 6.07 Å². The average molecular weight is 561 g/mol. The van der Waals surface area contributed by atoms with Gasteiger partial charge >= 0.3 is 0 Å². The van der Waals surface area contributed by atoms with E-state index < -0.39 is 0 Å². The monoisotopic (exact) mass is 560 g/mol. The number of ether oxygens (including phenoxy) is 1. The highest BCUT2D eigenvalue weighted by molar-refractivity contribution is 5.87. The molecular formula is C33H48N6O2. The molecule has 1 aromatic carbocycles. The molecule has 0 bridgehead atoms. The number of carbonyl (C=O) groups is 1. The second kappa shape index (κ2) is 12.1. The number of nitrogens with one attached hydrogen (secondary N) is 2. The van der Waals surface area contributed by atoms with Gasteiger partial charge in [0.2, 0.25) is 5.91 Å². The van der Waals surface area contributed by atoms with Crippen LogP contribution in [0.1, 0.15) is 56.6 Å². The molecule has 6 rings (SSSR count). The summed E-state index contributed by atoms with van der Waals surface area (Å²) in [5.41, 5.74) is 3.37. The number of likely N-dealkylation sites (N-methyl/N-ethyl adjacent to an activating group) is 1. The minimum atomic E-state index is -0.209. The molecular weight excluding hydrogens is 512 g/mol. The van der Waals surface area contributed by atoms with Gasteiger partial charge in [0.05, 0.1) is 31.3 Å². The number of rotatable bonds is 6. The Morgan fingerprint density at radius 1 is 1.20 bits per heavy atom. The first-order chi connectivity index (χ1) is 19.9. The molecule has 8 atom stereocenters. The molecule has 1 saturated carbocycles. The fourth-order valence-corrected chi connectivity index (χ4v) is 8.75. The standard InChI is InChI=1S/C33H48N6O2/c1-4-30(40)39-17-16-38(21-26(39)12-14-34)31-28-11-13-33(19-25-9-6-5-8-24(25)18-23(33)2)20-29(28)35-32(36-31)41-22-27-10-7-15-37(27)3/h4-6,8-9,23,26-29,31-32,35-36H,1,7,10-13,15-22H2,2-3H3. The van der Waals surface area contributed by atoms with Gasteiger partial charge in [-0.05, 0) is 87.1 Å². The predicted octanol–water partition coefficient (Wildman–Crippen LogP) is 3.10. The topological polar surface area (TPSA) is 83.9 Å². The molecule has 1 spiro atoms. The zero-order valence-electron chi connectivity index (χ0n) is 24.9. The van der Waals surface area contributed by atoms with E-state index in [1.165, 1.54) is 36.5 Å². The van der Waals surface area contributed by atoms with Crippen molar-refractivity contribution in [2.75, 3.05) is 39.8 Å². The highest BCUT2D eigenvalue weighted by Gasteiger charge is 2.52. The third-order valence-electron chi connectivity index (χ3n) is 11.3. The maximum Gasteiger partial charge on any atom is 0.246 e. The van der Waals surface area contributed by atoms with Crippen molar-refractivity contribution < 1.29 is 9.53 Å². The van der Waals surface area contributed by atoms with Gasteiger partial charge in [0.25, 0.3) is 0 Å². The lowest BCUT2D eigenvalue weighted by atomic mass is 9.55. The molecule has 0 radical (unpaired) electrons. The molecule has 1 amide bonds. The number of benzene rings is 1. The maximum absolute atomic E-state index is 12.6. The number of piperazine rings is 1. The molecule has 5 aliphatic rings. The van der Waals surface area contributed by atoms with Crippen LogP contribution < -0.4 is 10.6 Å². The first kappa shape index (κ1) is 28.8. The Morgan fingerprint density at radius 2 is 2.02 bits per heavy atom. The Hall–Kier alpha value is -2.28. The summed E-state index contributed by atoms with van der Waals surface area (Å²) in [6.07, 6.45) is 9.97. The highest BCUT2D eigenvalue weighted by atomic mass is 16.5. The van der Waals surface area contributed by atoms with E-state index >= 15 is 0 Å². The zero-order valence-corrected chi connectivity index (χ0v) is 24.9. The molecule has 3 heterocycles. The number of fused-ring (bicyclic) bond motifs is 2. The summed E-state index contributed by atoms with van der Waals surface area (Å²) in [5.74, 6) is 1.02. The summed E-state index contributed by atoms with van der Waals surface area (Å²) >= 11 is 0. The molecule has 222 valence electrons. The second-order valence-corrected chi connectivity index (χ2v) is 13.4. The van der Waals surface area contributed by atoms with Gasteiger partial charge in [-0.15, -0.1) is 0 Å². The lowest BCUT2D eigenvalue weighted by molar-refractivity contribution is -0.138. The molecule has 2 N–H and O–H groups in total. The van der Waals surface area contributed by atoms with Gasteiger partial charge in [0.15, 0.2) is 6.35 Å². The highest BCUT2D eigenvalue weighted by Crippen LogP contribution is 2.52. The van der Waals surface area contributed by atoms with Crippen LogP contribution in [0.3, 0.4) is 0 Å². The van der Waals surface area contributed by atoms with E-state index in [9.17, 15) is 10.1 Å². The summed E-state index contributed by atoms with van der Waals surface area (Å²) < 4.78 is 6.60. The van der Waals surface area contributed by atoms with Crippen LogP contribution in [-0.4, -0.2) is 91.1 Å². The fraction of sp³-hybridized carbons (Fsp3) is 0.697. The fourth-order valence-electron chi connectivity index (χ4n) is 8.75. The van der Waals surface area contributed by atoms with E-state index in [1.54, 1.807) is 0 Å². The van der Waals surface area contributed by atoms with E-state index in [1.807, 2.05) is 4.90 Å². The van der Waals surface area contributed by atoms with Crippen LogP contribution in [-0.2, 0) is 22.4 Å². The van der Waals surface area contributed by atoms with E-state index in [0.717, 1.165) is 45.4 Å². The van der Waals surface area contributed by atoms with Crippen LogP contribution in [0.4, 0.5) is 0 Å². The Bertz CT molecular complexity index is 1150. The van der Waals surface area contributed by atoms with E-state index in [0.29, 0.717) is 48.8 Å². The lowest BCUT2D eigenvalue weighted by Gasteiger charge is -2.57. The molecule has 0 aromatic heterocycles. The van der Waals surface area contributed by atoms with Crippen LogP contribution >= 0.6 is 0 Å². The van der Waals surface area contributed by atoms with Gasteiger partial charge in [-0.3, -0.25) is 20.3 Å². The number of amides is 1. The minimum absolute atomic E-state index is 0.0749. The summed E-state index contributed by atoms with van der Waals surface area (Å²) in [5, 5.41) is 17.4. The van der Waals surface area contributed by atoms with Crippen molar-refractivity contribution in [1.82, 2.24) is 25.3 Å².